The third-order valence-electron chi connectivity index (χ3n) is 5.39. The molecule has 1 amide bonds. The van der Waals surface area contributed by atoms with Crippen LogP contribution in [0.4, 0.5) is 0 Å². The standard InChI is InChI=1S/C24H25NO7/c1-14-6-8-15(9-7-14)22(28)20-21(17-11-10-16(31-2)13-18(17)32-3)25(24(30)23(20)29)12-4-5-19(26)27/h6-11,13,21,28H,4-5,12H2,1-3H3,(H,26,27). The fraction of sp³-hybridized carbons (Fsp3) is 0.292. The van der Waals surface area contributed by atoms with Gasteiger partial charge >= 0.3 is 5.97 Å². The molecule has 1 aliphatic rings. The van der Waals surface area contributed by atoms with Crippen LogP contribution in [0.5, 0.6) is 11.5 Å². The van der Waals surface area contributed by atoms with Crippen LogP contribution in [0.2, 0.25) is 0 Å². The van der Waals surface area contributed by atoms with E-state index in [0.717, 1.165) is 5.56 Å². The summed E-state index contributed by atoms with van der Waals surface area (Å²) in [4.78, 5) is 38.2. The van der Waals surface area contributed by atoms with Crippen molar-refractivity contribution in [1.29, 1.82) is 0 Å². The Morgan fingerprint density at radius 2 is 1.72 bits per heavy atom. The molecule has 8 nitrogen and oxygen atoms in total. The molecule has 1 fully saturated rings. The van der Waals surface area contributed by atoms with Gasteiger partial charge in [-0.15, -0.1) is 0 Å². The van der Waals surface area contributed by atoms with Gasteiger partial charge in [-0.3, -0.25) is 14.4 Å². The quantitative estimate of drug-likeness (QED) is 0.369. The average Bonchev–Trinajstić information content (AvgIpc) is 3.03. The van der Waals surface area contributed by atoms with E-state index in [-0.39, 0.29) is 30.7 Å². The van der Waals surface area contributed by atoms with E-state index in [1.807, 2.05) is 6.92 Å². The first-order valence-corrected chi connectivity index (χ1v) is 10.1. The number of aryl methyl sites for hydroxylation is 1. The number of aliphatic carboxylic acids is 1. The summed E-state index contributed by atoms with van der Waals surface area (Å²) in [5.74, 6) is -2.04. The average molecular weight is 439 g/mol. The van der Waals surface area contributed by atoms with Crippen molar-refractivity contribution in [1.82, 2.24) is 4.90 Å². The number of hydrogen-bond acceptors (Lipinski definition) is 6. The number of Topliss-reactive ketones (excluding diaryl/α,β-unsaturated/α-hetero) is 1. The number of methoxy groups -OCH3 is 2. The first kappa shape index (κ1) is 22.9. The lowest BCUT2D eigenvalue weighted by Crippen LogP contribution is -2.31. The van der Waals surface area contributed by atoms with Gasteiger partial charge in [-0.2, -0.15) is 0 Å². The van der Waals surface area contributed by atoms with E-state index < -0.39 is 23.7 Å². The Bertz CT molecular complexity index is 1070. The zero-order valence-electron chi connectivity index (χ0n) is 18.1. The van der Waals surface area contributed by atoms with E-state index in [0.29, 0.717) is 22.6 Å². The number of aliphatic hydroxyl groups excluding tert-OH is 1. The SMILES string of the molecule is COc1ccc(C2C(=C(O)c3ccc(C)cc3)C(=O)C(=O)N2CCCC(=O)O)c(OC)c1. The molecule has 1 heterocycles. The maximum absolute atomic E-state index is 13.0. The summed E-state index contributed by atoms with van der Waals surface area (Å²) in [6.07, 6.45) is -0.00464. The number of benzene rings is 2. The number of carboxylic acids is 1. The molecule has 0 saturated carbocycles. The molecule has 3 rings (SSSR count). The summed E-state index contributed by atoms with van der Waals surface area (Å²) in [6.45, 7) is 1.93. The lowest BCUT2D eigenvalue weighted by atomic mass is 9.94. The highest BCUT2D eigenvalue weighted by atomic mass is 16.5. The Labute approximate surface area is 185 Å². The molecule has 0 radical (unpaired) electrons. The highest BCUT2D eigenvalue weighted by Gasteiger charge is 2.46. The molecule has 168 valence electrons. The largest absolute Gasteiger partial charge is 0.507 e. The van der Waals surface area contributed by atoms with Crippen molar-refractivity contribution in [2.45, 2.75) is 25.8 Å². The number of ether oxygens (including phenoxy) is 2. The van der Waals surface area contributed by atoms with Crippen LogP contribution in [0, 0.1) is 6.92 Å². The van der Waals surface area contributed by atoms with Gasteiger partial charge in [0.2, 0.25) is 0 Å². The summed E-state index contributed by atoms with van der Waals surface area (Å²) in [5, 5.41) is 20.0. The van der Waals surface area contributed by atoms with Crippen LogP contribution in [-0.4, -0.2) is 53.5 Å². The third-order valence-corrected chi connectivity index (χ3v) is 5.39. The van der Waals surface area contributed by atoms with Crippen LogP contribution in [-0.2, 0) is 14.4 Å². The van der Waals surface area contributed by atoms with Crippen LogP contribution in [0.3, 0.4) is 0 Å². The molecule has 8 heteroatoms. The normalized spacial score (nSPS) is 17.5. The minimum absolute atomic E-state index is 0.0292. The molecule has 32 heavy (non-hydrogen) atoms. The second kappa shape index (κ2) is 9.55. The Morgan fingerprint density at radius 1 is 1.03 bits per heavy atom. The first-order valence-electron chi connectivity index (χ1n) is 10.1. The zero-order valence-corrected chi connectivity index (χ0v) is 18.1. The molecular weight excluding hydrogens is 414 g/mol. The maximum atomic E-state index is 13.0. The van der Waals surface area contributed by atoms with Crippen LogP contribution in [0.25, 0.3) is 5.76 Å². The molecule has 0 spiro atoms. The fourth-order valence-electron chi connectivity index (χ4n) is 3.75. The van der Waals surface area contributed by atoms with Crippen molar-refractivity contribution < 1.29 is 34.1 Å². The van der Waals surface area contributed by atoms with Crippen molar-refractivity contribution in [3.8, 4) is 11.5 Å². The van der Waals surface area contributed by atoms with Gasteiger partial charge in [0.25, 0.3) is 11.7 Å². The second-order valence-electron chi connectivity index (χ2n) is 7.46. The summed E-state index contributed by atoms with van der Waals surface area (Å²) in [6, 6.07) is 10.9. The first-order chi connectivity index (χ1) is 15.3. The Kier molecular flexibility index (Phi) is 6.82. The van der Waals surface area contributed by atoms with Crippen LogP contribution < -0.4 is 9.47 Å². The third kappa shape index (κ3) is 4.44. The molecule has 2 aromatic carbocycles. The van der Waals surface area contributed by atoms with E-state index in [9.17, 15) is 19.5 Å². The van der Waals surface area contributed by atoms with E-state index in [1.165, 1.54) is 19.1 Å². The van der Waals surface area contributed by atoms with Gasteiger partial charge in [0.05, 0.1) is 25.8 Å². The number of nitrogens with zero attached hydrogens (tertiary/aromatic N) is 1. The van der Waals surface area contributed by atoms with Crippen LogP contribution in [0.1, 0.15) is 35.6 Å². The van der Waals surface area contributed by atoms with Crippen molar-refractivity contribution in [3.63, 3.8) is 0 Å². The Balaban J connectivity index is 2.17. The fourth-order valence-corrected chi connectivity index (χ4v) is 3.75. The van der Waals surface area contributed by atoms with Gasteiger partial charge in [-0.25, -0.2) is 0 Å². The van der Waals surface area contributed by atoms with E-state index >= 15 is 0 Å². The number of hydrogen-bond donors (Lipinski definition) is 2. The molecule has 0 aromatic heterocycles. The zero-order chi connectivity index (χ0) is 23.4. The number of likely N-dealkylation sites (tertiary alicyclic amines) is 1. The van der Waals surface area contributed by atoms with Gasteiger partial charge in [-0.05, 0) is 25.5 Å². The van der Waals surface area contributed by atoms with E-state index in [1.54, 1.807) is 42.5 Å². The number of amides is 1. The number of ketones is 1. The number of carboxylic acid groups (broad SMARTS) is 1. The van der Waals surface area contributed by atoms with Crippen molar-refractivity contribution >= 4 is 23.4 Å². The topological polar surface area (TPSA) is 113 Å². The molecule has 1 aliphatic heterocycles. The second-order valence-corrected chi connectivity index (χ2v) is 7.46. The monoisotopic (exact) mass is 439 g/mol. The molecule has 2 aromatic rings. The molecular formula is C24H25NO7. The summed E-state index contributed by atoms with van der Waals surface area (Å²) >= 11 is 0. The predicted molar refractivity (Wildman–Crippen MR) is 117 cm³/mol. The Morgan fingerprint density at radius 3 is 2.31 bits per heavy atom. The summed E-state index contributed by atoms with van der Waals surface area (Å²) in [7, 11) is 2.96. The molecule has 0 bridgehead atoms. The molecule has 1 saturated heterocycles. The number of carbonyl (C=O) groups excluding carboxylic acids is 2. The molecule has 1 atom stereocenters. The smallest absolute Gasteiger partial charge is 0.303 e. The van der Waals surface area contributed by atoms with Crippen LogP contribution >= 0.6 is 0 Å². The van der Waals surface area contributed by atoms with E-state index in [4.69, 9.17) is 14.6 Å². The van der Waals surface area contributed by atoms with Crippen molar-refractivity contribution in [2.75, 3.05) is 20.8 Å². The molecule has 0 aliphatic carbocycles. The molecule has 2 N–H and O–H groups in total. The van der Waals surface area contributed by atoms with Gasteiger partial charge in [0.1, 0.15) is 17.3 Å². The van der Waals surface area contributed by atoms with Gasteiger partial charge < -0.3 is 24.6 Å². The lowest BCUT2D eigenvalue weighted by Gasteiger charge is -2.26. The van der Waals surface area contributed by atoms with Crippen molar-refractivity contribution in [2.24, 2.45) is 0 Å². The lowest BCUT2D eigenvalue weighted by molar-refractivity contribution is -0.140. The van der Waals surface area contributed by atoms with Crippen LogP contribution in [0.15, 0.2) is 48.0 Å². The number of rotatable bonds is 8. The highest BCUT2D eigenvalue weighted by molar-refractivity contribution is 6.46. The van der Waals surface area contributed by atoms with E-state index in [2.05, 4.69) is 0 Å². The Hall–Kier alpha value is -3.81. The van der Waals surface area contributed by atoms with Crippen molar-refractivity contribution in [3.05, 3.63) is 64.7 Å². The highest BCUT2D eigenvalue weighted by Crippen LogP contribution is 2.43. The van der Waals surface area contributed by atoms with Gasteiger partial charge in [-0.1, -0.05) is 29.8 Å². The van der Waals surface area contributed by atoms with Gasteiger partial charge in [0.15, 0.2) is 0 Å². The number of carbonyl (C=O) groups is 3. The molecule has 1 unspecified atom stereocenters. The minimum atomic E-state index is -1.00. The predicted octanol–water partition coefficient (Wildman–Crippen LogP) is 3.30. The maximum Gasteiger partial charge on any atom is 0.303 e. The minimum Gasteiger partial charge on any atom is -0.507 e. The summed E-state index contributed by atoms with van der Waals surface area (Å²) in [5.41, 5.74) is 1.79. The number of aliphatic hydroxyl groups is 1. The summed E-state index contributed by atoms with van der Waals surface area (Å²) < 4.78 is 10.7. The van der Waals surface area contributed by atoms with Gasteiger partial charge in [0, 0.05) is 30.2 Å².